The summed E-state index contributed by atoms with van der Waals surface area (Å²) in [5.74, 6) is -0.0998. The minimum atomic E-state index is -4.34. The summed E-state index contributed by atoms with van der Waals surface area (Å²) < 4.78 is 36.9. The zero-order valence-electron chi connectivity index (χ0n) is 9.05. The molecule has 0 radical (unpaired) electrons. The number of carbonyl (C=O) groups excluding carboxylic acids is 1. The van der Waals surface area contributed by atoms with Crippen LogP contribution in [0.4, 0.5) is 13.2 Å². The molecule has 0 bridgehead atoms. The van der Waals surface area contributed by atoms with Crippen LogP contribution in [0.1, 0.15) is 24.0 Å². The molecule has 0 aliphatic heterocycles. The summed E-state index contributed by atoms with van der Waals surface area (Å²) in [7, 11) is 0. The van der Waals surface area contributed by atoms with Crippen LogP contribution in [0.15, 0.2) is 24.3 Å². The Morgan fingerprint density at radius 1 is 1.24 bits per heavy atom. The Morgan fingerprint density at radius 3 is 2.18 bits per heavy atom. The minimum Gasteiger partial charge on any atom is -0.319 e. The Bertz CT molecular complexity index is 432. The summed E-state index contributed by atoms with van der Waals surface area (Å²) in [6.45, 7) is 0. The topological polar surface area (TPSA) is 43.1 Å². The molecule has 1 fully saturated rings. The van der Waals surface area contributed by atoms with Crippen molar-refractivity contribution in [3.8, 4) is 0 Å². The lowest BCUT2D eigenvalue weighted by atomic mass is 10.0. The first kappa shape index (κ1) is 12.1. The van der Waals surface area contributed by atoms with Gasteiger partial charge in [-0.2, -0.15) is 13.2 Å². The Hall–Kier alpha value is -1.36. The van der Waals surface area contributed by atoms with Gasteiger partial charge in [-0.05, 0) is 30.5 Å². The van der Waals surface area contributed by atoms with Gasteiger partial charge in [-0.3, -0.25) is 4.79 Å². The third-order valence-corrected chi connectivity index (χ3v) is 2.99. The number of rotatable bonds is 3. The minimum absolute atomic E-state index is 0.0998. The van der Waals surface area contributed by atoms with Crippen molar-refractivity contribution in [3.63, 3.8) is 0 Å². The van der Waals surface area contributed by atoms with Gasteiger partial charge in [0.25, 0.3) is 0 Å². The molecule has 1 aliphatic rings. The average Bonchev–Trinajstić information content (AvgIpc) is 2.97. The largest absolute Gasteiger partial charge is 0.416 e. The molecule has 2 N–H and O–H groups in total. The normalized spacial score (nSPS) is 17.9. The number of carbonyl (C=O) groups is 1. The van der Waals surface area contributed by atoms with E-state index < -0.39 is 17.3 Å². The second kappa shape index (κ2) is 3.84. The highest BCUT2D eigenvalue weighted by Gasteiger charge is 2.45. The maximum atomic E-state index is 12.3. The molecule has 0 spiro atoms. The Kier molecular flexibility index (Phi) is 2.73. The van der Waals surface area contributed by atoms with E-state index in [2.05, 4.69) is 0 Å². The van der Waals surface area contributed by atoms with Crippen LogP contribution in [0.5, 0.6) is 0 Å². The number of alkyl halides is 3. The Morgan fingerprint density at radius 2 is 1.76 bits per heavy atom. The van der Waals surface area contributed by atoms with Crippen molar-refractivity contribution < 1.29 is 18.0 Å². The zero-order chi connectivity index (χ0) is 12.7. The van der Waals surface area contributed by atoms with E-state index in [0.717, 1.165) is 12.1 Å². The van der Waals surface area contributed by atoms with Crippen molar-refractivity contribution in [2.24, 2.45) is 5.73 Å². The highest BCUT2D eigenvalue weighted by atomic mass is 19.4. The molecule has 2 rings (SSSR count). The Labute approximate surface area is 96.6 Å². The lowest BCUT2D eigenvalue weighted by molar-refractivity contribution is -0.137. The van der Waals surface area contributed by atoms with E-state index in [1.807, 2.05) is 0 Å². The van der Waals surface area contributed by atoms with Crippen molar-refractivity contribution in [2.75, 3.05) is 0 Å². The number of halogens is 3. The first-order chi connectivity index (χ1) is 7.81. The molecule has 2 nitrogen and oxygen atoms in total. The van der Waals surface area contributed by atoms with Gasteiger partial charge in [0.2, 0.25) is 0 Å². The van der Waals surface area contributed by atoms with Gasteiger partial charge in [0.05, 0.1) is 11.1 Å². The summed E-state index contributed by atoms with van der Waals surface area (Å²) in [6.07, 6.45) is -2.89. The predicted molar refractivity (Wildman–Crippen MR) is 56.3 cm³/mol. The summed E-state index contributed by atoms with van der Waals surface area (Å²) in [6, 6.07) is 4.62. The number of hydrogen-bond donors (Lipinski definition) is 1. The number of ketones is 1. The van der Waals surface area contributed by atoms with Gasteiger partial charge in [0.1, 0.15) is 0 Å². The van der Waals surface area contributed by atoms with Crippen LogP contribution >= 0.6 is 0 Å². The SMILES string of the molecule is NC1(C(=O)Cc2ccc(C(F)(F)F)cc2)CC1. The second-order valence-electron chi connectivity index (χ2n) is 4.45. The molecule has 5 heteroatoms. The van der Waals surface area contributed by atoms with Crippen LogP contribution in [0.25, 0.3) is 0 Å². The molecule has 1 saturated carbocycles. The van der Waals surface area contributed by atoms with Crippen LogP contribution in [-0.2, 0) is 17.4 Å². The Balaban J connectivity index is 2.06. The molecule has 1 aromatic carbocycles. The first-order valence-electron chi connectivity index (χ1n) is 5.30. The van der Waals surface area contributed by atoms with Crippen molar-refractivity contribution in [1.29, 1.82) is 0 Å². The van der Waals surface area contributed by atoms with Crippen LogP contribution in [-0.4, -0.2) is 11.3 Å². The fourth-order valence-electron chi connectivity index (χ4n) is 1.59. The number of Topliss-reactive ketones (excluding diaryl/α,β-unsaturated/α-hetero) is 1. The molecule has 17 heavy (non-hydrogen) atoms. The van der Waals surface area contributed by atoms with E-state index in [9.17, 15) is 18.0 Å². The first-order valence-corrected chi connectivity index (χ1v) is 5.30. The molecule has 0 aromatic heterocycles. The molecule has 0 saturated heterocycles. The maximum Gasteiger partial charge on any atom is 0.416 e. The van der Waals surface area contributed by atoms with Crippen LogP contribution in [0.2, 0.25) is 0 Å². The van der Waals surface area contributed by atoms with Gasteiger partial charge in [0, 0.05) is 6.42 Å². The van der Waals surface area contributed by atoms with Crippen LogP contribution in [0, 0.1) is 0 Å². The number of benzene rings is 1. The highest BCUT2D eigenvalue weighted by Crippen LogP contribution is 2.34. The molecular formula is C12H12F3NO. The molecule has 92 valence electrons. The molecule has 0 amide bonds. The summed E-state index contributed by atoms with van der Waals surface area (Å²) in [5.41, 5.74) is 4.85. The van der Waals surface area contributed by atoms with E-state index in [4.69, 9.17) is 5.73 Å². The van der Waals surface area contributed by atoms with Gasteiger partial charge in [-0.15, -0.1) is 0 Å². The molecular weight excluding hydrogens is 231 g/mol. The molecule has 0 atom stereocenters. The molecule has 1 aliphatic carbocycles. The maximum absolute atomic E-state index is 12.3. The average molecular weight is 243 g/mol. The van der Waals surface area contributed by atoms with E-state index in [0.29, 0.717) is 18.4 Å². The molecule has 1 aromatic rings. The van der Waals surface area contributed by atoms with E-state index in [-0.39, 0.29) is 12.2 Å². The lowest BCUT2D eigenvalue weighted by Crippen LogP contribution is -2.34. The van der Waals surface area contributed by atoms with Crippen molar-refractivity contribution in [2.45, 2.75) is 31.0 Å². The van der Waals surface area contributed by atoms with Crippen molar-refractivity contribution in [3.05, 3.63) is 35.4 Å². The molecule has 0 unspecified atom stereocenters. The molecule has 0 heterocycles. The van der Waals surface area contributed by atoms with Crippen LogP contribution < -0.4 is 5.73 Å². The highest BCUT2D eigenvalue weighted by molar-refractivity contribution is 5.92. The lowest BCUT2D eigenvalue weighted by Gasteiger charge is -2.09. The summed E-state index contributed by atoms with van der Waals surface area (Å²) in [4.78, 5) is 11.6. The van der Waals surface area contributed by atoms with E-state index in [1.54, 1.807) is 0 Å². The smallest absolute Gasteiger partial charge is 0.319 e. The van der Waals surface area contributed by atoms with Gasteiger partial charge in [-0.1, -0.05) is 12.1 Å². The zero-order valence-corrected chi connectivity index (χ0v) is 9.05. The number of nitrogens with two attached hydrogens (primary N) is 1. The van der Waals surface area contributed by atoms with Gasteiger partial charge in [0.15, 0.2) is 5.78 Å². The second-order valence-corrected chi connectivity index (χ2v) is 4.45. The summed E-state index contributed by atoms with van der Waals surface area (Å²) >= 11 is 0. The van der Waals surface area contributed by atoms with Crippen molar-refractivity contribution in [1.82, 2.24) is 0 Å². The fourth-order valence-corrected chi connectivity index (χ4v) is 1.59. The monoisotopic (exact) mass is 243 g/mol. The fraction of sp³-hybridized carbons (Fsp3) is 0.417. The van der Waals surface area contributed by atoms with Crippen molar-refractivity contribution >= 4 is 5.78 Å². The van der Waals surface area contributed by atoms with E-state index >= 15 is 0 Å². The quantitative estimate of drug-likeness (QED) is 0.885. The van der Waals surface area contributed by atoms with E-state index in [1.165, 1.54) is 12.1 Å². The summed E-state index contributed by atoms with van der Waals surface area (Å²) in [5, 5.41) is 0. The van der Waals surface area contributed by atoms with Crippen LogP contribution in [0.3, 0.4) is 0 Å². The third kappa shape index (κ3) is 2.66. The predicted octanol–water partition coefficient (Wildman–Crippen LogP) is 2.31. The number of hydrogen-bond acceptors (Lipinski definition) is 2. The third-order valence-electron chi connectivity index (χ3n) is 2.99. The van der Waals surface area contributed by atoms with Gasteiger partial charge >= 0.3 is 6.18 Å². The van der Waals surface area contributed by atoms with Gasteiger partial charge in [-0.25, -0.2) is 0 Å². The standard InChI is InChI=1S/C12H12F3NO/c13-12(14,15)9-3-1-8(2-4-9)7-10(17)11(16)5-6-11/h1-4H,5-7,16H2. The van der Waals surface area contributed by atoms with Gasteiger partial charge < -0.3 is 5.73 Å².